The summed E-state index contributed by atoms with van der Waals surface area (Å²) in [7, 11) is 0. The van der Waals surface area contributed by atoms with Crippen LogP contribution in [0.15, 0.2) is 91.6 Å². The van der Waals surface area contributed by atoms with Crippen LogP contribution < -0.4 is 10.6 Å². The Labute approximate surface area is 204 Å². The van der Waals surface area contributed by atoms with E-state index in [4.69, 9.17) is 0 Å². The average Bonchev–Trinajstić information content (AvgIpc) is 3.60. The molecule has 0 bridgehead atoms. The lowest BCUT2D eigenvalue weighted by Crippen LogP contribution is -2.12. The van der Waals surface area contributed by atoms with E-state index in [0.717, 1.165) is 33.3 Å². The van der Waals surface area contributed by atoms with Crippen LogP contribution in [0.4, 0.5) is 17.2 Å². The lowest BCUT2D eigenvalue weighted by atomic mass is 10.1. The van der Waals surface area contributed by atoms with E-state index in [0.29, 0.717) is 23.0 Å². The maximum absolute atomic E-state index is 12.6. The maximum atomic E-state index is 12.6. The van der Waals surface area contributed by atoms with Gasteiger partial charge >= 0.3 is 0 Å². The number of carbonyl (C=O) groups is 1. The van der Waals surface area contributed by atoms with E-state index >= 15 is 0 Å². The second-order valence-corrected chi connectivity index (χ2v) is 8.03. The highest BCUT2D eigenvalue weighted by Gasteiger charge is 2.12. The Morgan fingerprint density at radius 1 is 0.806 bits per heavy atom. The largest absolute Gasteiger partial charge is 0.350 e. The number of hydrogen-bond donors (Lipinski definition) is 4. The van der Waals surface area contributed by atoms with E-state index in [2.05, 4.69) is 46.0 Å². The van der Waals surface area contributed by atoms with Gasteiger partial charge in [0.15, 0.2) is 5.82 Å². The Morgan fingerprint density at radius 3 is 2.50 bits per heavy atom. The third-order valence-corrected chi connectivity index (χ3v) is 5.61. The Morgan fingerprint density at radius 2 is 1.69 bits per heavy atom. The number of benzene rings is 2. The first-order chi connectivity index (χ1) is 17.7. The molecule has 6 aromatic rings. The summed E-state index contributed by atoms with van der Waals surface area (Å²) in [6, 6.07) is 19.1. The van der Waals surface area contributed by atoms with E-state index < -0.39 is 0 Å². The molecule has 0 spiro atoms. The number of anilines is 3. The molecule has 10 nitrogen and oxygen atoms in total. The number of nitrogens with one attached hydrogen (secondary N) is 4. The van der Waals surface area contributed by atoms with Crippen LogP contribution in [0.2, 0.25) is 0 Å². The molecule has 0 radical (unpaired) electrons. The Kier molecular flexibility index (Phi) is 5.36. The molecule has 1 amide bonds. The summed E-state index contributed by atoms with van der Waals surface area (Å²) in [5, 5.41) is 21.3. The fourth-order valence-electron chi connectivity index (χ4n) is 3.82. The quantitative estimate of drug-likeness (QED) is 0.273. The van der Waals surface area contributed by atoms with Crippen molar-refractivity contribution in [2.75, 3.05) is 10.6 Å². The van der Waals surface area contributed by atoms with E-state index in [9.17, 15) is 4.79 Å². The third-order valence-electron chi connectivity index (χ3n) is 5.61. The van der Waals surface area contributed by atoms with E-state index in [1.54, 1.807) is 24.5 Å². The molecule has 4 heterocycles. The number of amides is 1. The van der Waals surface area contributed by atoms with E-state index in [1.807, 2.05) is 54.7 Å². The van der Waals surface area contributed by atoms with Crippen molar-refractivity contribution < 1.29 is 4.79 Å². The number of aromatic nitrogens is 7. The number of fused-ring (bicyclic) bond motifs is 1. The highest BCUT2D eigenvalue weighted by molar-refractivity contribution is 6.06. The minimum atomic E-state index is -0.262. The van der Waals surface area contributed by atoms with Crippen LogP contribution in [0.3, 0.4) is 0 Å². The molecular formula is C26H19N9O. The molecule has 0 aliphatic rings. The lowest BCUT2D eigenvalue weighted by molar-refractivity contribution is 0.102. The summed E-state index contributed by atoms with van der Waals surface area (Å²) in [5.41, 5.74) is 5.66. The fourth-order valence-corrected chi connectivity index (χ4v) is 3.82. The first-order valence-corrected chi connectivity index (χ1v) is 11.1. The second kappa shape index (κ2) is 9.11. The minimum Gasteiger partial charge on any atom is -0.350 e. The van der Waals surface area contributed by atoms with Gasteiger partial charge < -0.3 is 15.6 Å². The number of rotatable bonds is 6. The molecule has 6 rings (SSSR count). The van der Waals surface area contributed by atoms with Crippen molar-refractivity contribution in [2.45, 2.75) is 0 Å². The van der Waals surface area contributed by atoms with Crippen molar-refractivity contribution in [2.24, 2.45) is 0 Å². The zero-order chi connectivity index (χ0) is 24.3. The first-order valence-electron chi connectivity index (χ1n) is 11.1. The summed E-state index contributed by atoms with van der Waals surface area (Å²) in [5.74, 6) is 0.982. The average molecular weight is 474 g/mol. The minimum absolute atomic E-state index is 0.262. The summed E-state index contributed by atoms with van der Waals surface area (Å²) in [4.78, 5) is 24.9. The van der Waals surface area contributed by atoms with E-state index in [1.165, 1.54) is 12.4 Å². The molecule has 2 aromatic carbocycles. The predicted octanol–water partition coefficient (Wildman–Crippen LogP) is 4.80. The lowest BCUT2D eigenvalue weighted by Gasteiger charge is -2.08. The van der Waals surface area contributed by atoms with Gasteiger partial charge in [0.1, 0.15) is 11.5 Å². The molecule has 4 N–H and O–H groups in total. The van der Waals surface area contributed by atoms with Crippen LogP contribution in [0.25, 0.3) is 33.4 Å². The van der Waals surface area contributed by atoms with Crippen LogP contribution in [-0.4, -0.2) is 41.3 Å². The highest BCUT2D eigenvalue weighted by atomic mass is 16.1. The fraction of sp³-hybridized carbons (Fsp3) is 0. The SMILES string of the molecule is O=C(Nc1ccnnc1)c1cc2ccc(-c3nccc(Nc4ccc(-c5cn[nH]c5)cc4)n3)cc2[nH]1. The van der Waals surface area contributed by atoms with Crippen molar-refractivity contribution in [1.82, 2.24) is 35.3 Å². The molecule has 0 atom stereocenters. The number of aromatic amines is 2. The van der Waals surface area contributed by atoms with Crippen molar-refractivity contribution in [3.05, 3.63) is 97.3 Å². The van der Waals surface area contributed by atoms with Crippen molar-refractivity contribution in [3.8, 4) is 22.5 Å². The van der Waals surface area contributed by atoms with Gasteiger partial charge in [0, 0.05) is 40.1 Å². The smallest absolute Gasteiger partial charge is 0.272 e. The highest BCUT2D eigenvalue weighted by Crippen LogP contribution is 2.25. The summed E-state index contributed by atoms with van der Waals surface area (Å²) in [6.07, 6.45) is 8.37. The van der Waals surface area contributed by atoms with Gasteiger partial charge in [-0.25, -0.2) is 9.97 Å². The normalized spacial score (nSPS) is 10.9. The number of hydrogen-bond acceptors (Lipinski definition) is 7. The third kappa shape index (κ3) is 4.38. The van der Waals surface area contributed by atoms with Gasteiger partial charge in [0.2, 0.25) is 0 Å². The van der Waals surface area contributed by atoms with Crippen molar-refractivity contribution in [1.29, 1.82) is 0 Å². The zero-order valence-corrected chi connectivity index (χ0v) is 18.8. The summed E-state index contributed by atoms with van der Waals surface area (Å²) in [6.45, 7) is 0. The predicted molar refractivity (Wildman–Crippen MR) is 137 cm³/mol. The molecule has 0 saturated carbocycles. The Hall–Kier alpha value is -5.38. The molecular weight excluding hydrogens is 454 g/mol. The van der Waals surface area contributed by atoms with Gasteiger partial charge in [-0.15, -0.1) is 0 Å². The number of carbonyl (C=O) groups excluding carboxylic acids is 1. The van der Waals surface area contributed by atoms with Gasteiger partial charge in [-0.05, 0) is 42.0 Å². The van der Waals surface area contributed by atoms with Crippen LogP contribution in [0.1, 0.15) is 10.5 Å². The van der Waals surface area contributed by atoms with Gasteiger partial charge in [-0.1, -0.05) is 24.3 Å². The van der Waals surface area contributed by atoms with Gasteiger partial charge in [-0.3, -0.25) is 9.89 Å². The topological polar surface area (TPSA) is 137 Å². The molecule has 0 fully saturated rings. The first kappa shape index (κ1) is 21.2. The molecule has 36 heavy (non-hydrogen) atoms. The van der Waals surface area contributed by atoms with E-state index in [-0.39, 0.29) is 5.91 Å². The van der Waals surface area contributed by atoms with Crippen LogP contribution in [-0.2, 0) is 0 Å². The van der Waals surface area contributed by atoms with Crippen molar-refractivity contribution in [3.63, 3.8) is 0 Å². The van der Waals surface area contributed by atoms with Gasteiger partial charge in [0.05, 0.1) is 24.3 Å². The van der Waals surface area contributed by atoms with Crippen LogP contribution in [0.5, 0.6) is 0 Å². The van der Waals surface area contributed by atoms with Gasteiger partial charge in [-0.2, -0.15) is 15.3 Å². The van der Waals surface area contributed by atoms with Crippen molar-refractivity contribution >= 4 is 34.0 Å². The number of H-pyrrole nitrogens is 2. The molecule has 0 unspecified atom stereocenters. The zero-order valence-electron chi connectivity index (χ0n) is 18.8. The van der Waals surface area contributed by atoms with Gasteiger partial charge in [0.25, 0.3) is 5.91 Å². The Bertz CT molecular complexity index is 1640. The summed E-state index contributed by atoms with van der Waals surface area (Å²) < 4.78 is 0. The Balaban J connectivity index is 1.21. The molecule has 4 aromatic heterocycles. The second-order valence-electron chi connectivity index (χ2n) is 8.03. The molecule has 10 heteroatoms. The molecule has 0 aliphatic heterocycles. The molecule has 0 aliphatic carbocycles. The molecule has 174 valence electrons. The maximum Gasteiger partial charge on any atom is 0.272 e. The monoisotopic (exact) mass is 473 g/mol. The van der Waals surface area contributed by atoms with Crippen LogP contribution in [0, 0.1) is 0 Å². The standard InChI is InChI=1S/C26H19N9O/c36-26(33-21-7-10-28-31-15-21)23-11-17-1-2-18(12-22(17)34-23)25-27-9-8-24(35-25)32-20-5-3-16(4-6-20)19-13-29-30-14-19/h1-15,34H,(H,29,30)(H,27,32,35)(H,28,33,36). The molecule has 0 saturated heterocycles. The van der Waals surface area contributed by atoms with Crippen LogP contribution >= 0.6 is 0 Å². The number of nitrogens with zero attached hydrogens (tertiary/aromatic N) is 5. The summed E-state index contributed by atoms with van der Waals surface area (Å²) >= 11 is 0.